The lowest BCUT2D eigenvalue weighted by Crippen LogP contribution is -2.49. The predicted octanol–water partition coefficient (Wildman–Crippen LogP) is 3.17. The molecule has 0 bridgehead atoms. The Morgan fingerprint density at radius 3 is 2.72 bits per heavy atom. The predicted molar refractivity (Wildman–Crippen MR) is 99.5 cm³/mol. The van der Waals surface area contributed by atoms with Crippen molar-refractivity contribution in [3.8, 4) is 0 Å². The first-order valence-electron chi connectivity index (χ1n) is 9.22. The molecule has 0 radical (unpaired) electrons. The zero-order valence-corrected chi connectivity index (χ0v) is 14.5. The molecule has 1 amide bonds. The van der Waals surface area contributed by atoms with Crippen LogP contribution in [0.15, 0.2) is 42.1 Å². The molecule has 4 rings (SSSR count). The number of piperazine rings is 1. The summed E-state index contributed by atoms with van der Waals surface area (Å²) in [6.07, 6.45) is 9.40. The molecule has 0 spiro atoms. The minimum absolute atomic E-state index is 0.275. The fourth-order valence-corrected chi connectivity index (χ4v) is 3.79. The Morgan fingerprint density at radius 1 is 1.08 bits per heavy atom. The third-order valence-electron chi connectivity index (χ3n) is 5.25. The van der Waals surface area contributed by atoms with Crippen LogP contribution < -0.4 is 4.90 Å². The standard InChI is InChI=1S/C20H24N4O/c25-19(14-16-6-2-1-3-7-16)23-10-12-24(13-11-23)20-18-9-5-4-8-17(18)15-21-22-20/h4-6,8-9,15H,1-3,7,10-14H2. The summed E-state index contributed by atoms with van der Waals surface area (Å²) in [5, 5.41) is 10.7. The van der Waals surface area contributed by atoms with Gasteiger partial charge in [0.1, 0.15) is 0 Å². The number of carbonyl (C=O) groups is 1. The lowest BCUT2D eigenvalue weighted by molar-refractivity contribution is -0.130. The van der Waals surface area contributed by atoms with Gasteiger partial charge in [-0.1, -0.05) is 35.9 Å². The van der Waals surface area contributed by atoms with Crippen molar-refractivity contribution >= 4 is 22.5 Å². The summed E-state index contributed by atoms with van der Waals surface area (Å²) in [7, 11) is 0. The summed E-state index contributed by atoms with van der Waals surface area (Å²) in [4.78, 5) is 16.8. The van der Waals surface area contributed by atoms with Crippen LogP contribution in [0.4, 0.5) is 5.82 Å². The number of hydrogen-bond acceptors (Lipinski definition) is 4. The van der Waals surface area contributed by atoms with E-state index in [1.165, 1.54) is 18.4 Å². The second-order valence-corrected chi connectivity index (χ2v) is 6.91. The summed E-state index contributed by atoms with van der Waals surface area (Å²) >= 11 is 0. The van der Waals surface area contributed by atoms with Crippen molar-refractivity contribution in [3.63, 3.8) is 0 Å². The van der Waals surface area contributed by atoms with E-state index in [4.69, 9.17) is 0 Å². The van der Waals surface area contributed by atoms with Crippen LogP contribution in [-0.4, -0.2) is 47.2 Å². The number of anilines is 1. The molecule has 1 saturated heterocycles. The molecule has 2 aliphatic rings. The van der Waals surface area contributed by atoms with E-state index in [0.29, 0.717) is 6.42 Å². The van der Waals surface area contributed by atoms with Gasteiger partial charge in [0.2, 0.25) is 5.91 Å². The number of aromatic nitrogens is 2. The molecule has 130 valence electrons. The van der Waals surface area contributed by atoms with Gasteiger partial charge in [-0.3, -0.25) is 4.79 Å². The van der Waals surface area contributed by atoms with Gasteiger partial charge in [-0.15, -0.1) is 5.10 Å². The molecule has 1 aliphatic carbocycles. The Bertz CT molecular complexity index is 788. The Kier molecular flexibility index (Phi) is 4.63. The third kappa shape index (κ3) is 3.50. The molecule has 1 aromatic heterocycles. The average molecular weight is 336 g/mol. The minimum atomic E-state index is 0.275. The lowest BCUT2D eigenvalue weighted by Gasteiger charge is -2.36. The Labute approximate surface area is 148 Å². The molecule has 1 aliphatic heterocycles. The zero-order valence-electron chi connectivity index (χ0n) is 14.5. The number of fused-ring (bicyclic) bond motifs is 1. The molecule has 2 heterocycles. The number of amides is 1. The van der Waals surface area contributed by atoms with Crippen LogP contribution >= 0.6 is 0 Å². The van der Waals surface area contributed by atoms with Gasteiger partial charge >= 0.3 is 0 Å². The van der Waals surface area contributed by atoms with Crippen molar-refractivity contribution in [2.75, 3.05) is 31.1 Å². The van der Waals surface area contributed by atoms with E-state index in [0.717, 1.165) is 55.6 Å². The Balaban J connectivity index is 1.41. The fourth-order valence-electron chi connectivity index (χ4n) is 3.79. The smallest absolute Gasteiger partial charge is 0.226 e. The van der Waals surface area contributed by atoms with Gasteiger partial charge in [-0.05, 0) is 25.7 Å². The number of allylic oxidation sites excluding steroid dienone is 1. The molecule has 1 fully saturated rings. The minimum Gasteiger partial charge on any atom is -0.351 e. The van der Waals surface area contributed by atoms with Crippen molar-refractivity contribution in [2.45, 2.75) is 32.1 Å². The molecule has 0 atom stereocenters. The van der Waals surface area contributed by atoms with Gasteiger partial charge in [0.25, 0.3) is 0 Å². The molecule has 1 aromatic carbocycles. The highest BCUT2D eigenvalue weighted by Crippen LogP contribution is 2.25. The first kappa shape index (κ1) is 16.1. The quantitative estimate of drug-likeness (QED) is 0.808. The van der Waals surface area contributed by atoms with Crippen LogP contribution in [0.2, 0.25) is 0 Å². The number of hydrogen-bond donors (Lipinski definition) is 0. The lowest BCUT2D eigenvalue weighted by atomic mass is 9.97. The molecule has 0 N–H and O–H groups in total. The van der Waals surface area contributed by atoms with E-state index in [-0.39, 0.29) is 5.91 Å². The van der Waals surface area contributed by atoms with Crippen LogP contribution in [0, 0.1) is 0 Å². The summed E-state index contributed by atoms with van der Waals surface area (Å²) in [5.41, 5.74) is 1.33. The summed E-state index contributed by atoms with van der Waals surface area (Å²) in [5.74, 6) is 1.21. The van der Waals surface area contributed by atoms with Crippen molar-refractivity contribution in [1.29, 1.82) is 0 Å². The molecule has 0 unspecified atom stereocenters. The topological polar surface area (TPSA) is 49.3 Å². The van der Waals surface area contributed by atoms with Gasteiger partial charge < -0.3 is 9.80 Å². The van der Waals surface area contributed by atoms with Gasteiger partial charge in [0, 0.05) is 43.4 Å². The molecule has 5 nitrogen and oxygen atoms in total. The van der Waals surface area contributed by atoms with Crippen LogP contribution in [0.1, 0.15) is 32.1 Å². The highest BCUT2D eigenvalue weighted by Gasteiger charge is 2.23. The SMILES string of the molecule is O=C(CC1=CCCCC1)N1CCN(c2nncc3ccccc23)CC1. The first-order chi connectivity index (χ1) is 12.3. The van der Waals surface area contributed by atoms with Gasteiger partial charge in [0.05, 0.1) is 6.20 Å². The molecule has 5 heteroatoms. The van der Waals surface area contributed by atoms with Crippen LogP contribution in [0.3, 0.4) is 0 Å². The summed E-state index contributed by atoms with van der Waals surface area (Å²) in [6, 6.07) is 8.20. The van der Waals surface area contributed by atoms with E-state index < -0.39 is 0 Å². The van der Waals surface area contributed by atoms with Crippen molar-refractivity contribution in [3.05, 3.63) is 42.1 Å². The van der Waals surface area contributed by atoms with E-state index in [9.17, 15) is 4.79 Å². The van der Waals surface area contributed by atoms with E-state index in [1.54, 1.807) is 6.20 Å². The maximum atomic E-state index is 12.6. The number of nitrogens with zero attached hydrogens (tertiary/aromatic N) is 4. The second-order valence-electron chi connectivity index (χ2n) is 6.91. The largest absolute Gasteiger partial charge is 0.351 e. The van der Waals surface area contributed by atoms with Crippen molar-refractivity contribution in [1.82, 2.24) is 15.1 Å². The van der Waals surface area contributed by atoms with E-state index in [2.05, 4.69) is 33.3 Å². The van der Waals surface area contributed by atoms with Crippen LogP contribution in [-0.2, 0) is 4.79 Å². The number of benzene rings is 1. The van der Waals surface area contributed by atoms with Gasteiger partial charge in [-0.25, -0.2) is 0 Å². The van der Waals surface area contributed by atoms with Gasteiger partial charge in [-0.2, -0.15) is 5.10 Å². The highest BCUT2D eigenvalue weighted by molar-refractivity contribution is 5.91. The molecular weight excluding hydrogens is 312 g/mol. The fraction of sp³-hybridized carbons (Fsp3) is 0.450. The molecule has 0 saturated carbocycles. The van der Waals surface area contributed by atoms with Crippen molar-refractivity contribution < 1.29 is 4.79 Å². The van der Waals surface area contributed by atoms with Crippen LogP contribution in [0.25, 0.3) is 10.8 Å². The van der Waals surface area contributed by atoms with Crippen LogP contribution in [0.5, 0.6) is 0 Å². The van der Waals surface area contributed by atoms with E-state index >= 15 is 0 Å². The van der Waals surface area contributed by atoms with E-state index in [1.807, 2.05) is 17.0 Å². The maximum absolute atomic E-state index is 12.6. The maximum Gasteiger partial charge on any atom is 0.226 e. The highest BCUT2D eigenvalue weighted by atomic mass is 16.2. The molecular formula is C20H24N4O. The number of rotatable bonds is 3. The summed E-state index contributed by atoms with van der Waals surface area (Å²) in [6.45, 7) is 3.15. The Morgan fingerprint density at radius 2 is 1.92 bits per heavy atom. The van der Waals surface area contributed by atoms with Gasteiger partial charge in [0.15, 0.2) is 5.82 Å². The zero-order chi connectivity index (χ0) is 17.1. The average Bonchev–Trinajstić information content (AvgIpc) is 2.68. The molecule has 25 heavy (non-hydrogen) atoms. The van der Waals surface area contributed by atoms with Crippen molar-refractivity contribution in [2.24, 2.45) is 0 Å². The third-order valence-corrected chi connectivity index (χ3v) is 5.25. The Hall–Kier alpha value is -2.43. The monoisotopic (exact) mass is 336 g/mol. The molecule has 2 aromatic rings. The second kappa shape index (κ2) is 7.21. The first-order valence-corrected chi connectivity index (χ1v) is 9.22. The summed E-state index contributed by atoms with van der Waals surface area (Å²) < 4.78 is 0. The normalized spacial score (nSPS) is 18.3. The number of carbonyl (C=O) groups excluding carboxylic acids is 1.